The van der Waals surface area contributed by atoms with E-state index in [-0.39, 0.29) is 29.6 Å². The summed E-state index contributed by atoms with van der Waals surface area (Å²) < 4.78 is 18.9. The molecular formula is C24H36FN5O3. The number of benzene rings is 1. The second-order valence-electron chi connectivity index (χ2n) is 9.30. The molecule has 1 aromatic rings. The third-order valence-electron chi connectivity index (χ3n) is 6.86. The molecule has 2 unspecified atom stereocenters. The van der Waals surface area contributed by atoms with Gasteiger partial charge in [0.25, 0.3) is 0 Å². The molecule has 2 saturated heterocycles. The first-order chi connectivity index (χ1) is 16.0. The number of morpholine rings is 1. The third kappa shape index (κ3) is 6.50. The molecule has 0 spiro atoms. The van der Waals surface area contributed by atoms with Crippen LogP contribution in [0.5, 0.6) is 0 Å². The molecule has 2 atom stereocenters. The maximum Gasteiger partial charge on any atom is 0.242 e. The van der Waals surface area contributed by atoms with Crippen LogP contribution in [0.4, 0.5) is 4.39 Å². The molecule has 4 rings (SSSR count). The predicted octanol–water partition coefficient (Wildman–Crippen LogP) is 0.414. The van der Waals surface area contributed by atoms with Crippen molar-refractivity contribution in [3.05, 3.63) is 35.6 Å². The Morgan fingerprint density at radius 1 is 1.18 bits per heavy atom. The second kappa shape index (κ2) is 11.4. The third-order valence-corrected chi connectivity index (χ3v) is 6.86. The summed E-state index contributed by atoms with van der Waals surface area (Å²) in [5.41, 5.74) is 6.59. The SMILES string of the molecule is NCCNC(=O)C1CC(N(CCN2CCOCC2)Cc2ccc(F)cc2)CN1C(=O)C1CC1. The van der Waals surface area contributed by atoms with Gasteiger partial charge in [-0.15, -0.1) is 0 Å². The number of nitrogens with two attached hydrogens (primary N) is 1. The van der Waals surface area contributed by atoms with Gasteiger partial charge in [0.15, 0.2) is 0 Å². The Kier molecular flexibility index (Phi) is 8.29. The minimum absolute atomic E-state index is 0.0624. The lowest BCUT2D eigenvalue weighted by Gasteiger charge is -2.33. The quantitative estimate of drug-likeness (QED) is 0.525. The molecule has 1 aromatic carbocycles. The van der Waals surface area contributed by atoms with Gasteiger partial charge in [-0.2, -0.15) is 0 Å². The number of carbonyl (C=O) groups is 2. The number of hydrogen-bond donors (Lipinski definition) is 2. The van der Waals surface area contributed by atoms with E-state index < -0.39 is 6.04 Å². The summed E-state index contributed by atoms with van der Waals surface area (Å²) in [6.45, 7) is 6.97. The minimum Gasteiger partial charge on any atom is -0.379 e. The summed E-state index contributed by atoms with van der Waals surface area (Å²) in [5, 5.41) is 2.88. The van der Waals surface area contributed by atoms with Gasteiger partial charge in [0.1, 0.15) is 11.9 Å². The van der Waals surface area contributed by atoms with E-state index in [1.54, 1.807) is 4.90 Å². The average molecular weight is 462 g/mol. The van der Waals surface area contributed by atoms with E-state index in [1.165, 1.54) is 12.1 Å². The maximum absolute atomic E-state index is 13.4. The molecule has 0 bridgehead atoms. The van der Waals surface area contributed by atoms with Crippen molar-refractivity contribution in [3.63, 3.8) is 0 Å². The molecule has 8 nitrogen and oxygen atoms in total. The Bertz CT molecular complexity index is 798. The van der Waals surface area contributed by atoms with Gasteiger partial charge in [-0.1, -0.05) is 12.1 Å². The van der Waals surface area contributed by atoms with Gasteiger partial charge in [0.05, 0.1) is 13.2 Å². The van der Waals surface area contributed by atoms with E-state index in [1.807, 2.05) is 12.1 Å². The highest BCUT2D eigenvalue weighted by Crippen LogP contribution is 2.35. The van der Waals surface area contributed by atoms with E-state index in [0.717, 1.165) is 57.8 Å². The number of nitrogens with zero attached hydrogens (tertiary/aromatic N) is 3. The Morgan fingerprint density at radius 2 is 1.91 bits per heavy atom. The fourth-order valence-corrected chi connectivity index (χ4v) is 4.76. The average Bonchev–Trinajstić information content (AvgIpc) is 3.60. The van der Waals surface area contributed by atoms with Crippen LogP contribution in [0.15, 0.2) is 24.3 Å². The van der Waals surface area contributed by atoms with Crippen LogP contribution < -0.4 is 11.1 Å². The predicted molar refractivity (Wildman–Crippen MR) is 123 cm³/mol. The van der Waals surface area contributed by atoms with Crippen LogP contribution in [0.25, 0.3) is 0 Å². The normalized spacial score (nSPS) is 23.8. The minimum atomic E-state index is -0.464. The lowest BCUT2D eigenvalue weighted by molar-refractivity contribution is -0.139. The molecule has 3 aliphatic rings. The number of nitrogens with one attached hydrogen (secondary N) is 1. The van der Waals surface area contributed by atoms with E-state index in [2.05, 4.69) is 15.1 Å². The van der Waals surface area contributed by atoms with Crippen molar-refractivity contribution in [2.24, 2.45) is 11.7 Å². The van der Waals surface area contributed by atoms with Gasteiger partial charge in [0, 0.05) is 64.3 Å². The van der Waals surface area contributed by atoms with Crippen LogP contribution in [0.1, 0.15) is 24.8 Å². The fourth-order valence-electron chi connectivity index (χ4n) is 4.76. The van der Waals surface area contributed by atoms with Crippen molar-refractivity contribution in [1.29, 1.82) is 0 Å². The lowest BCUT2D eigenvalue weighted by atomic mass is 10.1. The van der Waals surface area contributed by atoms with Gasteiger partial charge in [-0.3, -0.25) is 19.4 Å². The molecule has 33 heavy (non-hydrogen) atoms. The first kappa shape index (κ1) is 24.1. The van der Waals surface area contributed by atoms with Gasteiger partial charge in [-0.05, 0) is 37.0 Å². The molecule has 0 radical (unpaired) electrons. The van der Waals surface area contributed by atoms with E-state index in [9.17, 15) is 14.0 Å². The number of halogens is 1. The highest BCUT2D eigenvalue weighted by atomic mass is 19.1. The smallest absolute Gasteiger partial charge is 0.242 e. The van der Waals surface area contributed by atoms with Crippen LogP contribution in [0.2, 0.25) is 0 Å². The molecule has 0 aromatic heterocycles. The van der Waals surface area contributed by atoms with Crippen molar-refractivity contribution >= 4 is 11.8 Å². The van der Waals surface area contributed by atoms with Gasteiger partial charge in [-0.25, -0.2) is 4.39 Å². The van der Waals surface area contributed by atoms with Crippen LogP contribution in [0, 0.1) is 11.7 Å². The summed E-state index contributed by atoms with van der Waals surface area (Å²) in [4.78, 5) is 32.4. The van der Waals surface area contributed by atoms with E-state index in [4.69, 9.17) is 10.5 Å². The number of hydrogen-bond acceptors (Lipinski definition) is 6. The molecule has 1 saturated carbocycles. The Hall–Kier alpha value is -2.07. The Morgan fingerprint density at radius 3 is 2.58 bits per heavy atom. The zero-order valence-corrected chi connectivity index (χ0v) is 19.3. The summed E-state index contributed by atoms with van der Waals surface area (Å²) in [5.74, 6) is -0.211. The van der Waals surface area contributed by atoms with E-state index >= 15 is 0 Å². The second-order valence-corrected chi connectivity index (χ2v) is 9.30. The zero-order valence-electron chi connectivity index (χ0n) is 19.3. The lowest BCUT2D eigenvalue weighted by Crippen LogP contribution is -2.47. The monoisotopic (exact) mass is 461 g/mol. The number of amides is 2. The molecule has 3 fully saturated rings. The summed E-state index contributed by atoms with van der Waals surface area (Å²) >= 11 is 0. The number of ether oxygens (including phenoxy) is 1. The van der Waals surface area contributed by atoms with Gasteiger partial charge in [0.2, 0.25) is 11.8 Å². The van der Waals surface area contributed by atoms with Crippen LogP contribution in [0.3, 0.4) is 0 Å². The zero-order chi connectivity index (χ0) is 23.2. The van der Waals surface area contributed by atoms with Crippen molar-refractivity contribution in [1.82, 2.24) is 20.0 Å². The summed E-state index contributed by atoms with van der Waals surface area (Å²) in [6, 6.07) is 6.18. The molecule has 182 valence electrons. The highest BCUT2D eigenvalue weighted by Gasteiger charge is 2.45. The first-order valence-corrected chi connectivity index (χ1v) is 12.1. The van der Waals surface area contributed by atoms with Crippen LogP contribution >= 0.6 is 0 Å². The van der Waals surface area contributed by atoms with Crippen molar-refractivity contribution in [2.45, 2.75) is 37.9 Å². The largest absolute Gasteiger partial charge is 0.379 e. The Balaban J connectivity index is 1.48. The standard InChI is InChI=1S/C24H36FN5O3/c25-20-5-1-18(2-6-20)16-29(10-9-28-11-13-33-14-12-28)21-15-22(23(31)27-8-7-26)30(17-21)24(32)19-3-4-19/h1-2,5-6,19,21-22H,3-4,7-17,26H2,(H,27,31). The highest BCUT2D eigenvalue weighted by molar-refractivity contribution is 5.90. The summed E-state index contributed by atoms with van der Waals surface area (Å²) in [7, 11) is 0. The molecule has 9 heteroatoms. The Labute approximate surface area is 195 Å². The molecular weight excluding hydrogens is 425 g/mol. The van der Waals surface area contributed by atoms with Gasteiger partial charge < -0.3 is 20.7 Å². The molecule has 2 heterocycles. The van der Waals surface area contributed by atoms with Crippen molar-refractivity contribution in [2.75, 3.05) is 59.0 Å². The van der Waals surface area contributed by atoms with Crippen LogP contribution in [-0.2, 0) is 20.9 Å². The number of likely N-dealkylation sites (tertiary alicyclic amines) is 1. The van der Waals surface area contributed by atoms with E-state index in [0.29, 0.717) is 32.6 Å². The number of carbonyl (C=O) groups excluding carboxylic acids is 2. The topological polar surface area (TPSA) is 91.1 Å². The molecule has 1 aliphatic carbocycles. The summed E-state index contributed by atoms with van der Waals surface area (Å²) in [6.07, 6.45) is 2.42. The number of rotatable bonds is 10. The molecule has 2 aliphatic heterocycles. The maximum atomic E-state index is 13.4. The van der Waals surface area contributed by atoms with Crippen molar-refractivity contribution in [3.8, 4) is 0 Å². The van der Waals surface area contributed by atoms with Crippen LogP contribution in [-0.4, -0.2) is 97.6 Å². The molecule has 3 N–H and O–H groups in total. The molecule has 2 amide bonds. The van der Waals surface area contributed by atoms with Crippen molar-refractivity contribution < 1.29 is 18.7 Å². The fraction of sp³-hybridized carbons (Fsp3) is 0.667. The first-order valence-electron chi connectivity index (χ1n) is 12.1. The van der Waals surface area contributed by atoms with Gasteiger partial charge >= 0.3 is 0 Å².